The number of carbonyl (C=O) groups excluding carboxylic acids is 1. The molecule has 0 radical (unpaired) electrons. The number of piperidine rings is 1. The molecule has 19 heavy (non-hydrogen) atoms. The molecular formula is C15H21NO3. The molecule has 0 spiro atoms. The number of aryl methyl sites for hydroxylation is 1. The van der Waals surface area contributed by atoms with Crippen molar-refractivity contribution in [1.29, 1.82) is 0 Å². The van der Waals surface area contributed by atoms with Crippen LogP contribution in [0.4, 0.5) is 0 Å². The maximum absolute atomic E-state index is 11.7. The number of para-hydroxylation sites is 1. The minimum Gasteiger partial charge on any atom is -0.482 e. The first-order valence-electron chi connectivity index (χ1n) is 6.71. The molecule has 0 aromatic heterocycles. The molecule has 1 aliphatic heterocycles. The van der Waals surface area contributed by atoms with Crippen molar-refractivity contribution in [3.8, 4) is 5.75 Å². The highest BCUT2D eigenvalue weighted by Crippen LogP contribution is 2.16. The van der Waals surface area contributed by atoms with E-state index in [1.165, 1.54) is 0 Å². The number of esters is 1. The highest BCUT2D eigenvalue weighted by Gasteiger charge is 2.20. The van der Waals surface area contributed by atoms with Crippen molar-refractivity contribution in [1.82, 2.24) is 4.90 Å². The third-order valence-corrected chi connectivity index (χ3v) is 3.32. The van der Waals surface area contributed by atoms with Gasteiger partial charge in [-0.25, -0.2) is 4.79 Å². The van der Waals surface area contributed by atoms with Crippen LogP contribution in [0.3, 0.4) is 0 Å². The number of hydrogen-bond acceptors (Lipinski definition) is 4. The number of carbonyl (C=O) groups is 1. The number of hydrogen-bond donors (Lipinski definition) is 0. The van der Waals surface area contributed by atoms with Gasteiger partial charge in [0.25, 0.3) is 0 Å². The molecule has 4 heteroatoms. The fourth-order valence-electron chi connectivity index (χ4n) is 2.29. The van der Waals surface area contributed by atoms with Crippen LogP contribution in [-0.4, -0.2) is 43.7 Å². The summed E-state index contributed by atoms with van der Waals surface area (Å²) in [6.07, 6.45) is 2.03. The summed E-state index contributed by atoms with van der Waals surface area (Å²) in [6, 6.07) is 7.65. The Kier molecular flexibility index (Phi) is 4.80. The van der Waals surface area contributed by atoms with Crippen LogP contribution in [0.15, 0.2) is 24.3 Å². The smallest absolute Gasteiger partial charge is 0.344 e. The average molecular weight is 263 g/mol. The van der Waals surface area contributed by atoms with Crippen molar-refractivity contribution in [2.75, 3.05) is 26.7 Å². The predicted molar refractivity (Wildman–Crippen MR) is 73.3 cm³/mol. The SMILES string of the molecule is Cc1ccccc1OCC(=O)O[C@H]1CCCN(C)C1. The number of ether oxygens (including phenoxy) is 2. The van der Waals surface area contributed by atoms with Gasteiger partial charge in [-0.2, -0.15) is 0 Å². The van der Waals surface area contributed by atoms with Crippen LogP contribution in [0.2, 0.25) is 0 Å². The van der Waals surface area contributed by atoms with E-state index in [0.717, 1.165) is 37.2 Å². The predicted octanol–water partition coefficient (Wildman–Crippen LogP) is 2.01. The molecule has 0 N–H and O–H groups in total. The van der Waals surface area contributed by atoms with Gasteiger partial charge in [0, 0.05) is 6.54 Å². The van der Waals surface area contributed by atoms with Crippen LogP contribution in [0.1, 0.15) is 18.4 Å². The Balaban J connectivity index is 1.77. The van der Waals surface area contributed by atoms with Gasteiger partial charge in [0.15, 0.2) is 6.61 Å². The number of likely N-dealkylation sites (tertiary alicyclic amines) is 1. The lowest BCUT2D eigenvalue weighted by Crippen LogP contribution is -2.38. The molecule has 1 fully saturated rings. The van der Waals surface area contributed by atoms with E-state index in [-0.39, 0.29) is 18.7 Å². The summed E-state index contributed by atoms with van der Waals surface area (Å²) >= 11 is 0. The molecule has 0 unspecified atom stereocenters. The van der Waals surface area contributed by atoms with Gasteiger partial charge in [0.05, 0.1) is 0 Å². The van der Waals surface area contributed by atoms with E-state index >= 15 is 0 Å². The molecule has 1 aromatic carbocycles. The summed E-state index contributed by atoms with van der Waals surface area (Å²) < 4.78 is 10.9. The molecule has 1 aromatic rings. The van der Waals surface area contributed by atoms with E-state index in [1.54, 1.807) is 0 Å². The summed E-state index contributed by atoms with van der Waals surface area (Å²) in [5.74, 6) is 0.448. The van der Waals surface area contributed by atoms with Crippen LogP contribution >= 0.6 is 0 Å². The highest BCUT2D eigenvalue weighted by atomic mass is 16.6. The van der Waals surface area contributed by atoms with Crippen LogP contribution < -0.4 is 4.74 Å². The summed E-state index contributed by atoms with van der Waals surface area (Å²) in [6.45, 7) is 3.83. The zero-order valence-electron chi connectivity index (χ0n) is 11.6. The van der Waals surface area contributed by atoms with Crippen LogP contribution in [-0.2, 0) is 9.53 Å². The van der Waals surface area contributed by atoms with E-state index in [1.807, 2.05) is 38.2 Å². The van der Waals surface area contributed by atoms with E-state index < -0.39 is 0 Å². The average Bonchev–Trinajstić information content (AvgIpc) is 2.38. The van der Waals surface area contributed by atoms with E-state index in [9.17, 15) is 4.79 Å². The van der Waals surface area contributed by atoms with Crippen LogP contribution in [0, 0.1) is 6.92 Å². The molecule has 1 atom stereocenters. The van der Waals surface area contributed by atoms with Gasteiger partial charge < -0.3 is 14.4 Å². The lowest BCUT2D eigenvalue weighted by molar-refractivity contribution is -0.153. The van der Waals surface area contributed by atoms with Crippen molar-refractivity contribution in [2.24, 2.45) is 0 Å². The molecule has 104 valence electrons. The highest BCUT2D eigenvalue weighted by molar-refractivity contribution is 5.71. The summed E-state index contributed by atoms with van der Waals surface area (Å²) in [4.78, 5) is 13.9. The molecule has 1 aliphatic rings. The zero-order valence-corrected chi connectivity index (χ0v) is 11.6. The van der Waals surface area contributed by atoms with Crippen LogP contribution in [0.5, 0.6) is 5.75 Å². The van der Waals surface area contributed by atoms with E-state index in [2.05, 4.69) is 4.90 Å². The Morgan fingerprint density at radius 2 is 2.21 bits per heavy atom. The first-order valence-corrected chi connectivity index (χ1v) is 6.71. The zero-order chi connectivity index (χ0) is 13.7. The Morgan fingerprint density at radius 3 is 2.95 bits per heavy atom. The maximum Gasteiger partial charge on any atom is 0.344 e. The molecule has 0 aliphatic carbocycles. The van der Waals surface area contributed by atoms with E-state index in [4.69, 9.17) is 9.47 Å². The largest absolute Gasteiger partial charge is 0.482 e. The van der Waals surface area contributed by atoms with Gasteiger partial charge in [-0.05, 0) is 45.0 Å². The number of rotatable bonds is 4. The first kappa shape index (κ1) is 13.9. The summed E-state index contributed by atoms with van der Waals surface area (Å²) in [7, 11) is 2.05. The summed E-state index contributed by atoms with van der Waals surface area (Å²) in [5.41, 5.74) is 1.02. The second-order valence-corrected chi connectivity index (χ2v) is 5.07. The minimum atomic E-state index is -0.288. The number of nitrogens with zero attached hydrogens (tertiary/aromatic N) is 1. The normalized spacial score (nSPS) is 20.0. The second kappa shape index (κ2) is 6.57. The molecule has 0 saturated carbocycles. The van der Waals surface area contributed by atoms with Gasteiger partial charge in [0.2, 0.25) is 0 Å². The molecule has 0 bridgehead atoms. The van der Waals surface area contributed by atoms with Gasteiger partial charge >= 0.3 is 5.97 Å². The van der Waals surface area contributed by atoms with Crippen molar-refractivity contribution >= 4 is 5.97 Å². The van der Waals surface area contributed by atoms with Crippen LogP contribution in [0.25, 0.3) is 0 Å². The molecule has 1 saturated heterocycles. The molecular weight excluding hydrogens is 242 g/mol. The Hall–Kier alpha value is -1.55. The molecule has 1 heterocycles. The Bertz CT molecular complexity index is 433. The second-order valence-electron chi connectivity index (χ2n) is 5.07. The topological polar surface area (TPSA) is 38.8 Å². The fourth-order valence-corrected chi connectivity index (χ4v) is 2.29. The maximum atomic E-state index is 11.7. The Morgan fingerprint density at radius 1 is 1.42 bits per heavy atom. The number of likely N-dealkylation sites (N-methyl/N-ethyl adjacent to an activating group) is 1. The van der Waals surface area contributed by atoms with Crippen molar-refractivity contribution < 1.29 is 14.3 Å². The van der Waals surface area contributed by atoms with Crippen molar-refractivity contribution in [2.45, 2.75) is 25.9 Å². The fraction of sp³-hybridized carbons (Fsp3) is 0.533. The standard InChI is InChI=1S/C15H21NO3/c1-12-6-3-4-8-14(12)18-11-15(17)19-13-7-5-9-16(2)10-13/h3-4,6,8,13H,5,7,9-11H2,1-2H3/t13-/m0/s1. The van der Waals surface area contributed by atoms with Gasteiger partial charge in [-0.15, -0.1) is 0 Å². The van der Waals surface area contributed by atoms with Gasteiger partial charge in [-0.3, -0.25) is 0 Å². The monoisotopic (exact) mass is 263 g/mol. The first-order chi connectivity index (χ1) is 9.15. The molecule has 4 nitrogen and oxygen atoms in total. The van der Waals surface area contributed by atoms with Gasteiger partial charge in [-0.1, -0.05) is 18.2 Å². The summed E-state index contributed by atoms with van der Waals surface area (Å²) in [5, 5.41) is 0. The molecule has 0 amide bonds. The third-order valence-electron chi connectivity index (χ3n) is 3.32. The molecule has 2 rings (SSSR count). The van der Waals surface area contributed by atoms with Gasteiger partial charge in [0.1, 0.15) is 11.9 Å². The van der Waals surface area contributed by atoms with E-state index in [0.29, 0.717) is 0 Å². The third kappa shape index (κ3) is 4.24. The lowest BCUT2D eigenvalue weighted by Gasteiger charge is -2.29. The van der Waals surface area contributed by atoms with Crippen molar-refractivity contribution in [3.63, 3.8) is 0 Å². The lowest BCUT2D eigenvalue weighted by atomic mass is 10.1. The quantitative estimate of drug-likeness (QED) is 0.779. The minimum absolute atomic E-state index is 0.00622. The Labute approximate surface area is 114 Å². The number of benzene rings is 1. The van der Waals surface area contributed by atoms with Crippen molar-refractivity contribution in [3.05, 3.63) is 29.8 Å².